The number of carbonyl (C=O) groups is 1. The van der Waals surface area contributed by atoms with Crippen molar-refractivity contribution in [3.8, 4) is 0 Å². The highest BCUT2D eigenvalue weighted by molar-refractivity contribution is 5.74. The summed E-state index contributed by atoms with van der Waals surface area (Å²) in [5.41, 5.74) is -0.219. The number of urea groups is 1. The molecule has 140 valence electrons. The van der Waals surface area contributed by atoms with Crippen LogP contribution in [0.1, 0.15) is 25.0 Å². The van der Waals surface area contributed by atoms with E-state index in [-0.39, 0.29) is 24.0 Å². The van der Waals surface area contributed by atoms with Gasteiger partial charge in [0.1, 0.15) is 23.3 Å². The van der Waals surface area contributed by atoms with Crippen LogP contribution in [-0.2, 0) is 12.8 Å². The standard InChI is InChI=1S/C19H20F4N2O/c1-11(9-13-15(20)5-3-6-16(13)21)24-19(26)25-12(2)10-14-17(22)7-4-8-18(14)23/h3-8,11-12H,9-10H2,1-2H3,(H2,24,25,26). The number of rotatable bonds is 6. The molecule has 26 heavy (non-hydrogen) atoms. The second kappa shape index (κ2) is 8.69. The van der Waals surface area contributed by atoms with Gasteiger partial charge in [-0.1, -0.05) is 12.1 Å². The minimum Gasteiger partial charge on any atom is -0.335 e. The van der Waals surface area contributed by atoms with Crippen LogP contribution < -0.4 is 10.6 Å². The Morgan fingerprint density at radius 2 is 1.08 bits per heavy atom. The lowest BCUT2D eigenvalue weighted by Crippen LogP contribution is -2.46. The topological polar surface area (TPSA) is 41.1 Å². The summed E-state index contributed by atoms with van der Waals surface area (Å²) in [5.74, 6) is -2.71. The van der Waals surface area contributed by atoms with E-state index in [1.807, 2.05) is 0 Å². The fourth-order valence-electron chi connectivity index (χ4n) is 2.66. The highest BCUT2D eigenvalue weighted by Gasteiger charge is 2.17. The van der Waals surface area contributed by atoms with E-state index in [1.165, 1.54) is 12.1 Å². The van der Waals surface area contributed by atoms with Crippen molar-refractivity contribution in [2.75, 3.05) is 0 Å². The Bertz CT molecular complexity index is 678. The maximum Gasteiger partial charge on any atom is 0.315 e. The Morgan fingerprint density at radius 3 is 1.38 bits per heavy atom. The molecule has 2 aromatic rings. The quantitative estimate of drug-likeness (QED) is 0.741. The van der Waals surface area contributed by atoms with Crippen LogP contribution in [0.15, 0.2) is 36.4 Å². The van der Waals surface area contributed by atoms with Gasteiger partial charge in [-0.15, -0.1) is 0 Å². The molecule has 2 unspecified atom stereocenters. The SMILES string of the molecule is CC(Cc1c(F)cccc1F)NC(=O)NC(C)Cc1c(F)cccc1F. The molecule has 0 spiro atoms. The second-order valence-electron chi connectivity index (χ2n) is 6.23. The Hall–Kier alpha value is -2.57. The molecule has 0 aliphatic rings. The summed E-state index contributed by atoms with van der Waals surface area (Å²) < 4.78 is 54.5. The molecule has 3 nitrogen and oxygen atoms in total. The van der Waals surface area contributed by atoms with Gasteiger partial charge in [0.05, 0.1) is 0 Å². The van der Waals surface area contributed by atoms with Crippen molar-refractivity contribution < 1.29 is 22.4 Å². The fourth-order valence-corrected chi connectivity index (χ4v) is 2.66. The predicted molar refractivity (Wildman–Crippen MR) is 90.7 cm³/mol. The molecule has 2 rings (SSSR count). The van der Waals surface area contributed by atoms with Gasteiger partial charge in [-0.2, -0.15) is 0 Å². The molecule has 0 bridgehead atoms. The van der Waals surface area contributed by atoms with Crippen molar-refractivity contribution in [2.24, 2.45) is 0 Å². The number of hydrogen-bond acceptors (Lipinski definition) is 1. The molecule has 0 saturated carbocycles. The molecule has 2 atom stereocenters. The summed E-state index contributed by atoms with van der Waals surface area (Å²) in [5, 5.41) is 5.12. The lowest BCUT2D eigenvalue weighted by molar-refractivity contribution is 0.234. The number of benzene rings is 2. The third-order valence-corrected chi connectivity index (χ3v) is 3.90. The van der Waals surface area contributed by atoms with E-state index in [1.54, 1.807) is 13.8 Å². The molecular weight excluding hydrogens is 348 g/mol. The van der Waals surface area contributed by atoms with Crippen LogP contribution in [0.3, 0.4) is 0 Å². The van der Waals surface area contributed by atoms with Crippen molar-refractivity contribution in [1.82, 2.24) is 10.6 Å². The number of carbonyl (C=O) groups excluding carboxylic acids is 1. The van der Waals surface area contributed by atoms with Gasteiger partial charge in [-0.05, 0) is 51.0 Å². The van der Waals surface area contributed by atoms with Crippen molar-refractivity contribution in [3.63, 3.8) is 0 Å². The van der Waals surface area contributed by atoms with Gasteiger partial charge < -0.3 is 10.6 Å². The summed E-state index contributed by atoms with van der Waals surface area (Å²) >= 11 is 0. The maximum absolute atomic E-state index is 13.6. The van der Waals surface area contributed by atoms with Crippen LogP contribution in [-0.4, -0.2) is 18.1 Å². The Morgan fingerprint density at radius 1 is 0.769 bits per heavy atom. The van der Waals surface area contributed by atoms with Crippen molar-refractivity contribution in [2.45, 2.75) is 38.8 Å². The Labute approximate surface area is 149 Å². The highest BCUT2D eigenvalue weighted by Crippen LogP contribution is 2.15. The summed E-state index contributed by atoms with van der Waals surface area (Å²) in [7, 11) is 0. The predicted octanol–water partition coefficient (Wildman–Crippen LogP) is 4.10. The Kier molecular flexibility index (Phi) is 6.60. The van der Waals surface area contributed by atoms with Crippen molar-refractivity contribution in [1.29, 1.82) is 0 Å². The molecular formula is C19H20F4N2O. The molecule has 0 heterocycles. The van der Waals surface area contributed by atoms with E-state index in [2.05, 4.69) is 10.6 Å². The molecule has 2 aromatic carbocycles. The van der Waals surface area contributed by atoms with E-state index < -0.39 is 41.4 Å². The summed E-state index contributed by atoms with van der Waals surface area (Å²) in [6.07, 6.45) is -0.0511. The molecule has 0 aliphatic heterocycles. The van der Waals surface area contributed by atoms with E-state index in [9.17, 15) is 22.4 Å². The third kappa shape index (κ3) is 5.21. The highest BCUT2D eigenvalue weighted by atomic mass is 19.1. The van der Waals surface area contributed by atoms with E-state index in [4.69, 9.17) is 0 Å². The van der Waals surface area contributed by atoms with Crippen LogP contribution in [0.4, 0.5) is 22.4 Å². The summed E-state index contributed by atoms with van der Waals surface area (Å²) in [4.78, 5) is 12.0. The largest absolute Gasteiger partial charge is 0.335 e. The first-order valence-corrected chi connectivity index (χ1v) is 8.20. The lowest BCUT2D eigenvalue weighted by atomic mass is 10.1. The van der Waals surface area contributed by atoms with Gasteiger partial charge in [0, 0.05) is 23.2 Å². The lowest BCUT2D eigenvalue weighted by Gasteiger charge is -2.19. The molecule has 0 aromatic heterocycles. The van der Waals surface area contributed by atoms with Gasteiger partial charge in [0.15, 0.2) is 0 Å². The molecule has 0 saturated heterocycles. The minimum atomic E-state index is -0.678. The van der Waals surface area contributed by atoms with Crippen molar-refractivity contribution >= 4 is 6.03 Å². The molecule has 0 aliphatic carbocycles. The normalized spacial score (nSPS) is 13.2. The van der Waals surface area contributed by atoms with Crippen molar-refractivity contribution in [3.05, 3.63) is 70.8 Å². The first kappa shape index (κ1) is 19.8. The van der Waals surface area contributed by atoms with Gasteiger partial charge in [0.2, 0.25) is 0 Å². The molecule has 2 N–H and O–H groups in total. The molecule has 0 fully saturated rings. The summed E-state index contributed by atoms with van der Waals surface area (Å²) in [6, 6.07) is 5.46. The molecule has 2 amide bonds. The molecule has 7 heteroatoms. The average molecular weight is 368 g/mol. The molecule has 0 radical (unpaired) electrons. The Balaban J connectivity index is 1.89. The maximum atomic E-state index is 13.6. The zero-order chi connectivity index (χ0) is 19.3. The number of hydrogen-bond donors (Lipinski definition) is 2. The van der Waals surface area contributed by atoms with Crippen LogP contribution in [0, 0.1) is 23.3 Å². The first-order valence-electron chi connectivity index (χ1n) is 8.20. The van der Waals surface area contributed by atoms with Crippen LogP contribution in [0.2, 0.25) is 0 Å². The fraction of sp³-hybridized carbons (Fsp3) is 0.316. The van der Waals surface area contributed by atoms with Crippen LogP contribution in [0.5, 0.6) is 0 Å². The zero-order valence-electron chi connectivity index (χ0n) is 14.5. The number of nitrogens with one attached hydrogen (secondary N) is 2. The van der Waals surface area contributed by atoms with E-state index in [0.29, 0.717) is 0 Å². The van der Waals surface area contributed by atoms with E-state index >= 15 is 0 Å². The summed E-state index contributed by atoms with van der Waals surface area (Å²) in [6.45, 7) is 3.21. The average Bonchev–Trinajstić information content (AvgIpc) is 2.54. The van der Waals surface area contributed by atoms with Gasteiger partial charge in [0.25, 0.3) is 0 Å². The number of amides is 2. The smallest absolute Gasteiger partial charge is 0.315 e. The third-order valence-electron chi connectivity index (χ3n) is 3.90. The van der Waals surface area contributed by atoms with E-state index in [0.717, 1.165) is 24.3 Å². The zero-order valence-corrected chi connectivity index (χ0v) is 14.5. The van der Waals surface area contributed by atoms with Crippen LogP contribution >= 0.6 is 0 Å². The van der Waals surface area contributed by atoms with Gasteiger partial charge in [-0.25, -0.2) is 22.4 Å². The number of halogens is 4. The van der Waals surface area contributed by atoms with Gasteiger partial charge in [-0.3, -0.25) is 0 Å². The minimum absolute atomic E-state index is 0.0255. The first-order chi connectivity index (χ1) is 12.3. The van der Waals surface area contributed by atoms with Crippen LogP contribution in [0.25, 0.3) is 0 Å². The second-order valence-corrected chi connectivity index (χ2v) is 6.23. The van der Waals surface area contributed by atoms with Gasteiger partial charge >= 0.3 is 6.03 Å². The monoisotopic (exact) mass is 368 g/mol.